The topological polar surface area (TPSA) is 28.7 Å². The van der Waals surface area contributed by atoms with Crippen molar-refractivity contribution in [3.8, 4) is 0 Å². The number of rotatable bonds is 1. The fourth-order valence-corrected chi connectivity index (χ4v) is 1.24. The van der Waals surface area contributed by atoms with Crippen LogP contribution in [0.3, 0.4) is 0 Å². The van der Waals surface area contributed by atoms with E-state index in [1.807, 2.05) is 34.6 Å². The van der Waals surface area contributed by atoms with Crippen LogP contribution in [-0.2, 0) is 6.42 Å². The Bertz CT molecular complexity index is 455. The molecular formula is C13H22F2N2. The monoisotopic (exact) mass is 244 g/mol. The maximum Gasteiger partial charge on any atom is 0.186 e. The van der Waals surface area contributed by atoms with Crippen LogP contribution in [0.5, 0.6) is 0 Å². The van der Waals surface area contributed by atoms with E-state index in [0.717, 1.165) is 6.07 Å². The van der Waals surface area contributed by atoms with E-state index in [4.69, 9.17) is 0 Å². The number of aromatic nitrogens is 2. The molecule has 98 valence electrons. The van der Waals surface area contributed by atoms with Gasteiger partial charge in [-0.2, -0.15) is 0 Å². The number of hydrogen-bond donors (Lipinski definition) is 1. The molecule has 17 heavy (non-hydrogen) atoms. The van der Waals surface area contributed by atoms with Crippen LogP contribution in [-0.4, -0.2) is 9.97 Å². The molecule has 2 aromatic rings. The second-order valence-corrected chi connectivity index (χ2v) is 2.79. The number of hydrogen-bond acceptors (Lipinski definition) is 1. The molecule has 0 aliphatic heterocycles. The molecule has 4 heteroatoms. The Morgan fingerprint density at radius 1 is 1.18 bits per heavy atom. The molecule has 0 spiro atoms. The van der Waals surface area contributed by atoms with Gasteiger partial charge in [0.15, 0.2) is 11.6 Å². The van der Waals surface area contributed by atoms with E-state index < -0.39 is 11.6 Å². The molecule has 0 atom stereocenters. The van der Waals surface area contributed by atoms with Gasteiger partial charge in [-0.25, -0.2) is 13.8 Å². The molecular weight excluding hydrogens is 222 g/mol. The summed E-state index contributed by atoms with van der Waals surface area (Å²) in [6.07, 6.45) is 0.676. The summed E-state index contributed by atoms with van der Waals surface area (Å²) in [5, 5.41) is 0. The van der Waals surface area contributed by atoms with Gasteiger partial charge < -0.3 is 4.98 Å². The molecule has 2 rings (SSSR count). The van der Waals surface area contributed by atoms with Crippen molar-refractivity contribution in [2.75, 3.05) is 0 Å². The maximum absolute atomic E-state index is 13.1. The first-order chi connectivity index (χ1) is 8.22. The van der Waals surface area contributed by atoms with Crippen molar-refractivity contribution in [3.05, 3.63) is 29.6 Å². The molecule has 2 nitrogen and oxygen atoms in total. The fourth-order valence-electron chi connectivity index (χ4n) is 1.24. The molecule has 0 bridgehead atoms. The molecule has 0 amide bonds. The highest BCUT2D eigenvalue weighted by molar-refractivity contribution is 5.75. The number of benzene rings is 1. The molecule has 0 radical (unpaired) electrons. The SMILES string of the molecule is CC.CC.CCc1nc2c(F)c(F)ccc2[nH]1.[HH]. The number of aryl methyl sites for hydroxylation is 1. The normalized spacial score (nSPS) is 9.12. The van der Waals surface area contributed by atoms with Crippen LogP contribution >= 0.6 is 0 Å². The van der Waals surface area contributed by atoms with Gasteiger partial charge in [0.2, 0.25) is 0 Å². The lowest BCUT2D eigenvalue weighted by atomic mass is 10.3. The highest BCUT2D eigenvalue weighted by Crippen LogP contribution is 2.17. The number of halogens is 2. The number of H-pyrrole nitrogens is 1. The summed E-state index contributed by atoms with van der Waals surface area (Å²) in [4.78, 5) is 6.82. The van der Waals surface area contributed by atoms with Crippen molar-refractivity contribution in [1.29, 1.82) is 0 Å². The van der Waals surface area contributed by atoms with Gasteiger partial charge in [-0.15, -0.1) is 0 Å². The van der Waals surface area contributed by atoms with Crippen LogP contribution in [0.1, 0.15) is 41.9 Å². The van der Waals surface area contributed by atoms with E-state index in [2.05, 4.69) is 9.97 Å². The second-order valence-electron chi connectivity index (χ2n) is 2.79. The third kappa shape index (κ3) is 3.51. The van der Waals surface area contributed by atoms with Crippen LogP contribution < -0.4 is 0 Å². The molecule has 0 unspecified atom stereocenters. The predicted octanol–water partition coefficient (Wildman–Crippen LogP) is 4.70. The number of nitrogens with zero attached hydrogens (tertiary/aromatic N) is 1. The zero-order valence-corrected chi connectivity index (χ0v) is 11.1. The van der Waals surface area contributed by atoms with Gasteiger partial charge in [0.05, 0.1) is 5.52 Å². The zero-order chi connectivity index (χ0) is 13.4. The van der Waals surface area contributed by atoms with Gasteiger partial charge in [0.1, 0.15) is 11.3 Å². The van der Waals surface area contributed by atoms with E-state index in [1.165, 1.54) is 6.07 Å². The van der Waals surface area contributed by atoms with E-state index in [-0.39, 0.29) is 6.94 Å². The maximum atomic E-state index is 13.1. The van der Waals surface area contributed by atoms with Crippen LogP contribution in [0.2, 0.25) is 0 Å². The van der Waals surface area contributed by atoms with E-state index in [1.54, 1.807) is 0 Å². The standard InChI is InChI=1S/C9H8F2N2.2C2H6.H2/c1-2-7-12-6-4-3-5(10)8(11)9(6)13-7;2*1-2;/h3-4H,2H2,1H3,(H,12,13);2*1-2H3;1H. The first-order valence-electron chi connectivity index (χ1n) is 6.05. The summed E-state index contributed by atoms with van der Waals surface area (Å²) in [7, 11) is 0. The minimum absolute atomic E-state index is 0. The Morgan fingerprint density at radius 3 is 2.29 bits per heavy atom. The molecule has 0 saturated heterocycles. The summed E-state index contributed by atoms with van der Waals surface area (Å²) < 4.78 is 25.8. The van der Waals surface area contributed by atoms with Crippen molar-refractivity contribution in [3.63, 3.8) is 0 Å². The Morgan fingerprint density at radius 2 is 1.76 bits per heavy atom. The van der Waals surface area contributed by atoms with Crippen molar-refractivity contribution < 1.29 is 10.2 Å². The van der Waals surface area contributed by atoms with Gasteiger partial charge in [0.25, 0.3) is 0 Å². The summed E-state index contributed by atoms with van der Waals surface area (Å²) in [5.74, 6) is -1.07. The minimum Gasteiger partial charge on any atom is -0.342 e. The third-order valence-electron chi connectivity index (χ3n) is 1.93. The van der Waals surface area contributed by atoms with Gasteiger partial charge in [0, 0.05) is 7.85 Å². The second kappa shape index (κ2) is 7.76. The highest BCUT2D eigenvalue weighted by Gasteiger charge is 2.10. The van der Waals surface area contributed by atoms with Crippen molar-refractivity contribution >= 4 is 11.0 Å². The number of nitrogens with one attached hydrogen (secondary N) is 1. The summed E-state index contributed by atoms with van der Waals surface area (Å²) in [6, 6.07) is 2.58. The Balaban J connectivity index is 0. The van der Waals surface area contributed by atoms with Gasteiger partial charge >= 0.3 is 0 Å². The van der Waals surface area contributed by atoms with Crippen LogP contribution in [0.15, 0.2) is 12.1 Å². The summed E-state index contributed by atoms with van der Waals surface area (Å²) >= 11 is 0. The van der Waals surface area contributed by atoms with Gasteiger partial charge in [-0.05, 0) is 12.1 Å². The van der Waals surface area contributed by atoms with Gasteiger partial charge in [-0.1, -0.05) is 34.6 Å². The van der Waals surface area contributed by atoms with Crippen LogP contribution in [0, 0.1) is 11.6 Å². The Hall–Kier alpha value is -1.45. The Kier molecular flexibility index (Phi) is 7.10. The molecule has 0 aliphatic carbocycles. The van der Waals surface area contributed by atoms with Crippen molar-refractivity contribution in [1.82, 2.24) is 9.97 Å². The smallest absolute Gasteiger partial charge is 0.186 e. The molecule has 0 fully saturated rings. The largest absolute Gasteiger partial charge is 0.342 e. The average molecular weight is 244 g/mol. The minimum atomic E-state index is -0.881. The van der Waals surface area contributed by atoms with Gasteiger partial charge in [-0.3, -0.25) is 0 Å². The number of aromatic amines is 1. The average Bonchev–Trinajstić information content (AvgIpc) is 2.83. The fraction of sp³-hybridized carbons (Fsp3) is 0.462. The number of imidazole rings is 1. The van der Waals surface area contributed by atoms with Crippen molar-refractivity contribution in [2.24, 2.45) is 0 Å². The number of fused-ring (bicyclic) bond motifs is 1. The van der Waals surface area contributed by atoms with Crippen LogP contribution in [0.4, 0.5) is 8.78 Å². The lowest BCUT2D eigenvalue weighted by Gasteiger charge is -1.91. The van der Waals surface area contributed by atoms with E-state index in [9.17, 15) is 8.78 Å². The lowest BCUT2D eigenvalue weighted by Crippen LogP contribution is -1.84. The highest BCUT2D eigenvalue weighted by atomic mass is 19.2. The first kappa shape index (κ1) is 15.6. The lowest BCUT2D eigenvalue weighted by molar-refractivity contribution is 0.515. The molecule has 0 aliphatic rings. The van der Waals surface area contributed by atoms with Crippen molar-refractivity contribution in [2.45, 2.75) is 41.0 Å². The first-order valence-corrected chi connectivity index (χ1v) is 6.05. The third-order valence-corrected chi connectivity index (χ3v) is 1.93. The zero-order valence-electron chi connectivity index (χ0n) is 11.1. The van der Waals surface area contributed by atoms with Crippen LogP contribution in [0.25, 0.3) is 11.0 Å². The molecule has 1 aromatic heterocycles. The quantitative estimate of drug-likeness (QED) is 0.773. The molecule has 1 aromatic carbocycles. The summed E-state index contributed by atoms with van der Waals surface area (Å²) in [6.45, 7) is 9.89. The Labute approximate surface area is 103 Å². The van der Waals surface area contributed by atoms with E-state index in [0.29, 0.717) is 17.8 Å². The van der Waals surface area contributed by atoms with E-state index >= 15 is 0 Å². The predicted molar refractivity (Wildman–Crippen MR) is 70.2 cm³/mol. The molecule has 1 N–H and O–H groups in total. The summed E-state index contributed by atoms with van der Waals surface area (Å²) in [5.41, 5.74) is 0.618. The molecule has 0 saturated carbocycles. The molecule has 1 heterocycles.